The molecule has 2 aromatic rings. The summed E-state index contributed by atoms with van der Waals surface area (Å²) in [4.78, 5) is 29.1. The molecule has 4 rings (SSSR count). The second-order valence-electron chi connectivity index (χ2n) is 5.73. The summed E-state index contributed by atoms with van der Waals surface area (Å²) in [7, 11) is 0. The van der Waals surface area contributed by atoms with Crippen LogP contribution in [-0.2, 0) is 22.6 Å². The number of nitrogens with one attached hydrogen (secondary N) is 1. The quantitative estimate of drug-likeness (QED) is 0.910. The van der Waals surface area contributed by atoms with Gasteiger partial charge in [0.05, 0.1) is 10.9 Å². The molecule has 0 spiro atoms. The number of rotatable bonds is 2. The average Bonchev–Trinajstić information content (AvgIpc) is 3.03. The maximum absolute atomic E-state index is 12.6. The van der Waals surface area contributed by atoms with Crippen LogP contribution in [0.3, 0.4) is 0 Å². The van der Waals surface area contributed by atoms with E-state index in [0.29, 0.717) is 6.54 Å². The maximum atomic E-state index is 12.6. The topological polar surface area (TPSA) is 49.4 Å². The van der Waals surface area contributed by atoms with Gasteiger partial charge in [0, 0.05) is 29.3 Å². The zero-order valence-electron chi connectivity index (χ0n) is 12.5. The van der Waals surface area contributed by atoms with E-state index in [2.05, 4.69) is 16.8 Å². The van der Waals surface area contributed by atoms with Crippen molar-refractivity contribution in [1.29, 1.82) is 0 Å². The highest BCUT2D eigenvalue weighted by atomic mass is 32.2. The molecule has 3 heterocycles. The molecule has 2 amide bonds. The van der Waals surface area contributed by atoms with Crippen molar-refractivity contribution in [1.82, 2.24) is 4.90 Å². The highest BCUT2D eigenvalue weighted by Gasteiger charge is 2.31. The molecule has 6 heteroatoms. The number of nitrogens with zero attached hydrogens (tertiary/aromatic N) is 1. The Morgan fingerprint density at radius 2 is 2.17 bits per heavy atom. The zero-order chi connectivity index (χ0) is 15.8. The van der Waals surface area contributed by atoms with Crippen molar-refractivity contribution in [2.45, 2.75) is 29.5 Å². The third kappa shape index (κ3) is 2.88. The summed E-state index contributed by atoms with van der Waals surface area (Å²) in [6, 6.07) is 9.82. The number of hydrogen-bond acceptors (Lipinski definition) is 4. The van der Waals surface area contributed by atoms with Gasteiger partial charge in [0.2, 0.25) is 11.8 Å². The number of fused-ring (bicyclic) bond motifs is 2. The normalized spacial score (nSPS) is 19.7. The van der Waals surface area contributed by atoms with E-state index in [1.165, 1.54) is 22.2 Å². The smallest absolute Gasteiger partial charge is 0.238 e. The SMILES string of the molecule is O=C1Nc2ccccc2S[C@@H]1CC(=O)N1CCc2sccc2C1. The van der Waals surface area contributed by atoms with Crippen molar-refractivity contribution >= 4 is 40.6 Å². The predicted molar refractivity (Wildman–Crippen MR) is 92.8 cm³/mol. The molecule has 0 radical (unpaired) electrons. The minimum atomic E-state index is -0.346. The number of hydrogen-bond donors (Lipinski definition) is 1. The molecule has 1 aromatic heterocycles. The van der Waals surface area contributed by atoms with Gasteiger partial charge in [0.25, 0.3) is 0 Å². The van der Waals surface area contributed by atoms with Crippen LogP contribution in [-0.4, -0.2) is 28.5 Å². The van der Waals surface area contributed by atoms with Gasteiger partial charge < -0.3 is 10.2 Å². The van der Waals surface area contributed by atoms with Crippen LogP contribution in [0.2, 0.25) is 0 Å². The first-order valence-electron chi connectivity index (χ1n) is 7.60. The summed E-state index contributed by atoms with van der Waals surface area (Å²) >= 11 is 3.25. The van der Waals surface area contributed by atoms with E-state index in [0.717, 1.165) is 23.5 Å². The lowest BCUT2D eigenvalue weighted by atomic mass is 10.1. The molecule has 0 fully saturated rings. The largest absolute Gasteiger partial charge is 0.338 e. The predicted octanol–water partition coefficient (Wildman–Crippen LogP) is 3.14. The maximum Gasteiger partial charge on any atom is 0.238 e. The summed E-state index contributed by atoms with van der Waals surface area (Å²) in [5.74, 6) is -0.0100. The fourth-order valence-electron chi connectivity index (χ4n) is 2.98. The monoisotopic (exact) mass is 344 g/mol. The van der Waals surface area contributed by atoms with Crippen LogP contribution >= 0.6 is 23.1 Å². The van der Waals surface area contributed by atoms with Gasteiger partial charge in [-0.3, -0.25) is 9.59 Å². The first kappa shape index (κ1) is 14.8. The lowest BCUT2D eigenvalue weighted by molar-refractivity contribution is -0.133. The molecule has 0 saturated heterocycles. The van der Waals surface area contributed by atoms with Crippen LogP contribution in [0.25, 0.3) is 0 Å². The highest BCUT2D eigenvalue weighted by molar-refractivity contribution is 8.01. The number of carbonyl (C=O) groups is 2. The van der Waals surface area contributed by atoms with E-state index in [1.807, 2.05) is 29.2 Å². The van der Waals surface area contributed by atoms with Crippen LogP contribution in [0.15, 0.2) is 40.6 Å². The summed E-state index contributed by atoms with van der Waals surface area (Å²) < 4.78 is 0. The Morgan fingerprint density at radius 1 is 1.30 bits per heavy atom. The summed E-state index contributed by atoms with van der Waals surface area (Å²) in [5, 5.41) is 4.64. The fraction of sp³-hybridized carbons (Fsp3) is 0.294. The number of carbonyl (C=O) groups excluding carboxylic acids is 2. The Hall–Kier alpha value is -1.79. The van der Waals surface area contributed by atoms with Gasteiger partial charge in [-0.05, 0) is 35.6 Å². The number of benzene rings is 1. The fourth-order valence-corrected chi connectivity index (χ4v) is 4.97. The standard InChI is InChI=1S/C17H16N2O2S2/c20-16(19-7-5-13-11(10-19)6-8-22-13)9-15-17(21)18-12-3-1-2-4-14(12)23-15/h1-4,6,8,15H,5,7,9-10H2,(H,18,21)/t15-/m1/s1. The Bertz CT molecular complexity index is 771. The van der Waals surface area contributed by atoms with Gasteiger partial charge in [-0.1, -0.05) is 12.1 Å². The first-order chi connectivity index (χ1) is 11.2. The van der Waals surface area contributed by atoms with Gasteiger partial charge in [-0.15, -0.1) is 23.1 Å². The second kappa shape index (κ2) is 6.02. The lowest BCUT2D eigenvalue weighted by Gasteiger charge is -2.29. The van der Waals surface area contributed by atoms with Crippen molar-refractivity contribution in [3.05, 3.63) is 46.2 Å². The number of amides is 2. The molecule has 23 heavy (non-hydrogen) atoms. The molecule has 118 valence electrons. The summed E-state index contributed by atoms with van der Waals surface area (Å²) in [5.41, 5.74) is 2.09. The van der Waals surface area contributed by atoms with Crippen LogP contribution in [0.5, 0.6) is 0 Å². The van der Waals surface area contributed by atoms with E-state index in [9.17, 15) is 9.59 Å². The highest BCUT2D eigenvalue weighted by Crippen LogP contribution is 2.37. The molecule has 2 aliphatic heterocycles. The van der Waals surface area contributed by atoms with Gasteiger partial charge >= 0.3 is 0 Å². The van der Waals surface area contributed by atoms with Crippen LogP contribution in [0, 0.1) is 0 Å². The van der Waals surface area contributed by atoms with E-state index in [-0.39, 0.29) is 23.5 Å². The first-order valence-corrected chi connectivity index (χ1v) is 9.36. The van der Waals surface area contributed by atoms with Crippen molar-refractivity contribution in [2.24, 2.45) is 0 Å². The minimum Gasteiger partial charge on any atom is -0.338 e. The van der Waals surface area contributed by atoms with E-state index in [4.69, 9.17) is 0 Å². The van der Waals surface area contributed by atoms with E-state index < -0.39 is 0 Å². The molecular weight excluding hydrogens is 328 g/mol. The number of thioether (sulfide) groups is 1. The molecule has 0 saturated carbocycles. The summed E-state index contributed by atoms with van der Waals surface area (Å²) in [6.45, 7) is 1.43. The number of para-hydroxylation sites is 1. The average molecular weight is 344 g/mol. The van der Waals surface area contributed by atoms with Crippen molar-refractivity contribution in [3.8, 4) is 0 Å². The Kier molecular flexibility index (Phi) is 3.87. The molecule has 2 aliphatic rings. The molecular formula is C17H16N2O2S2. The van der Waals surface area contributed by atoms with Gasteiger partial charge in [0.1, 0.15) is 0 Å². The molecule has 1 atom stereocenters. The van der Waals surface area contributed by atoms with Crippen LogP contribution in [0.1, 0.15) is 16.9 Å². The third-order valence-electron chi connectivity index (χ3n) is 4.23. The minimum absolute atomic E-state index is 0.0638. The Balaban J connectivity index is 1.44. The van der Waals surface area contributed by atoms with Crippen molar-refractivity contribution in [2.75, 3.05) is 11.9 Å². The zero-order valence-corrected chi connectivity index (χ0v) is 14.1. The summed E-state index contributed by atoms with van der Waals surface area (Å²) in [6.07, 6.45) is 1.18. The molecule has 0 unspecified atom stereocenters. The third-order valence-corrected chi connectivity index (χ3v) is 6.53. The van der Waals surface area contributed by atoms with Gasteiger partial charge in [-0.25, -0.2) is 0 Å². The van der Waals surface area contributed by atoms with E-state index in [1.54, 1.807) is 11.3 Å². The van der Waals surface area contributed by atoms with E-state index >= 15 is 0 Å². The number of anilines is 1. The van der Waals surface area contributed by atoms with Gasteiger partial charge in [0.15, 0.2) is 0 Å². The second-order valence-corrected chi connectivity index (χ2v) is 7.98. The molecule has 0 bridgehead atoms. The Labute approximate surface area is 142 Å². The molecule has 0 aliphatic carbocycles. The lowest BCUT2D eigenvalue weighted by Crippen LogP contribution is -2.39. The van der Waals surface area contributed by atoms with Crippen LogP contribution in [0.4, 0.5) is 5.69 Å². The molecule has 1 N–H and O–H groups in total. The number of thiophene rings is 1. The Morgan fingerprint density at radius 3 is 3.09 bits per heavy atom. The molecule has 1 aromatic carbocycles. The molecule has 4 nitrogen and oxygen atoms in total. The van der Waals surface area contributed by atoms with Crippen molar-refractivity contribution in [3.63, 3.8) is 0 Å². The van der Waals surface area contributed by atoms with Crippen LogP contribution < -0.4 is 5.32 Å². The van der Waals surface area contributed by atoms with Crippen molar-refractivity contribution < 1.29 is 9.59 Å². The van der Waals surface area contributed by atoms with Gasteiger partial charge in [-0.2, -0.15) is 0 Å².